The van der Waals surface area contributed by atoms with Crippen molar-refractivity contribution in [3.63, 3.8) is 0 Å². The maximum absolute atomic E-state index is 13.3. The summed E-state index contributed by atoms with van der Waals surface area (Å²) in [5, 5.41) is 7.31. The van der Waals surface area contributed by atoms with E-state index >= 15 is 0 Å². The lowest BCUT2D eigenvalue weighted by Gasteiger charge is -2.40. The number of rotatable bonds is 9. The van der Waals surface area contributed by atoms with Crippen LogP contribution in [0.2, 0.25) is 5.02 Å². The van der Waals surface area contributed by atoms with E-state index in [2.05, 4.69) is 31.7 Å². The molecule has 2 N–H and O–H groups in total. The number of piperidine rings is 2. The van der Waals surface area contributed by atoms with Crippen LogP contribution < -0.4 is 15.5 Å². The molecule has 42 heavy (non-hydrogen) atoms. The maximum Gasteiger partial charge on any atom is 0.273 e. The van der Waals surface area contributed by atoms with Gasteiger partial charge in [0.1, 0.15) is 5.75 Å². The van der Waals surface area contributed by atoms with Gasteiger partial charge in [-0.2, -0.15) is 5.10 Å². The van der Waals surface area contributed by atoms with Crippen LogP contribution in [0.4, 0.5) is 5.69 Å². The van der Waals surface area contributed by atoms with Gasteiger partial charge in [-0.1, -0.05) is 30.2 Å². The number of benzene rings is 3. The average Bonchev–Trinajstić information content (AvgIpc) is 3.03. The second kappa shape index (κ2) is 14.4. The van der Waals surface area contributed by atoms with Crippen LogP contribution in [-0.2, 0) is 6.54 Å². The molecule has 2 saturated heterocycles. The highest BCUT2D eigenvalue weighted by Crippen LogP contribution is 2.24. The molecule has 5 rings (SSSR count). The van der Waals surface area contributed by atoms with Crippen molar-refractivity contribution in [2.75, 3.05) is 38.6 Å². The van der Waals surface area contributed by atoms with Gasteiger partial charge in [0.05, 0.1) is 24.6 Å². The Morgan fingerprint density at radius 2 is 1.71 bits per heavy atom. The van der Waals surface area contributed by atoms with Crippen LogP contribution in [0.3, 0.4) is 0 Å². The first-order valence-electron chi connectivity index (χ1n) is 14.6. The summed E-state index contributed by atoms with van der Waals surface area (Å²) in [5.41, 5.74) is 5.52. The molecule has 0 atom stereocenters. The van der Waals surface area contributed by atoms with Crippen molar-refractivity contribution in [2.45, 2.75) is 44.7 Å². The molecular weight excluding hydrogens is 550 g/mol. The number of hydrogen-bond acceptors (Lipinski definition) is 6. The number of nitrogens with zero attached hydrogens (tertiary/aromatic N) is 3. The highest BCUT2D eigenvalue weighted by Gasteiger charge is 2.25. The molecule has 0 bridgehead atoms. The molecule has 3 aromatic rings. The molecule has 8 nitrogen and oxygen atoms in total. The summed E-state index contributed by atoms with van der Waals surface area (Å²) >= 11 is 6.19. The quantitative estimate of drug-likeness (QED) is 0.244. The Kier molecular flexibility index (Phi) is 10.2. The van der Waals surface area contributed by atoms with Gasteiger partial charge in [-0.3, -0.25) is 14.5 Å². The van der Waals surface area contributed by atoms with Crippen molar-refractivity contribution in [1.29, 1.82) is 0 Å². The summed E-state index contributed by atoms with van der Waals surface area (Å²) in [6.45, 7) is 5.45. The van der Waals surface area contributed by atoms with E-state index in [1.54, 1.807) is 37.4 Å². The van der Waals surface area contributed by atoms with Crippen LogP contribution in [-0.4, -0.2) is 67.2 Å². The molecule has 2 fully saturated rings. The molecule has 0 aromatic heterocycles. The SMILES string of the molecule is COc1ccc(/C=N/NC(=O)c2cc(Cl)ccc2NC(=O)c2cccc(CN3CCC(N4CCCCC4)CC3)c2)cc1. The standard InChI is InChI=1S/C33H38ClN5O3/c1-42-29-11-8-24(9-12-29)22-35-37-33(41)30-21-27(34)10-13-31(30)36-32(40)26-7-5-6-25(20-26)23-38-18-14-28(15-19-38)39-16-3-2-4-17-39/h5-13,20-22,28H,2-4,14-19,23H2,1H3,(H,36,40)(H,37,41)/b35-22+. The Hall–Kier alpha value is -3.72. The molecule has 0 saturated carbocycles. The van der Waals surface area contributed by atoms with E-state index in [9.17, 15) is 9.59 Å². The molecule has 3 aromatic carbocycles. The molecule has 0 radical (unpaired) electrons. The Balaban J connectivity index is 1.18. The lowest BCUT2D eigenvalue weighted by atomic mass is 9.99. The minimum Gasteiger partial charge on any atom is -0.497 e. The van der Waals surface area contributed by atoms with Crippen molar-refractivity contribution >= 4 is 35.3 Å². The van der Waals surface area contributed by atoms with Crippen molar-refractivity contribution < 1.29 is 14.3 Å². The van der Waals surface area contributed by atoms with E-state index in [1.807, 2.05) is 24.3 Å². The number of hydrazone groups is 1. The molecule has 2 heterocycles. The number of likely N-dealkylation sites (tertiary alicyclic amines) is 2. The zero-order chi connectivity index (χ0) is 29.3. The van der Waals surface area contributed by atoms with Gasteiger partial charge < -0.3 is 15.0 Å². The van der Waals surface area contributed by atoms with Gasteiger partial charge in [-0.15, -0.1) is 0 Å². The second-order valence-electron chi connectivity index (χ2n) is 10.9. The average molecular weight is 588 g/mol. The van der Waals surface area contributed by atoms with Gasteiger partial charge in [-0.25, -0.2) is 5.43 Å². The number of anilines is 1. The minimum absolute atomic E-state index is 0.218. The number of ether oxygens (including phenoxy) is 1. The normalized spacial score (nSPS) is 16.8. The summed E-state index contributed by atoms with van der Waals surface area (Å²) in [5.74, 6) is -0.0491. The fourth-order valence-corrected chi connectivity index (χ4v) is 5.89. The zero-order valence-corrected chi connectivity index (χ0v) is 24.8. The molecule has 0 spiro atoms. The van der Waals surface area contributed by atoms with Crippen molar-refractivity contribution in [1.82, 2.24) is 15.2 Å². The first kappa shape index (κ1) is 29.8. The Morgan fingerprint density at radius 3 is 2.45 bits per heavy atom. The molecular formula is C33H38ClN5O3. The maximum atomic E-state index is 13.3. The summed E-state index contributed by atoms with van der Waals surface area (Å²) in [4.78, 5) is 31.4. The highest BCUT2D eigenvalue weighted by molar-refractivity contribution is 6.31. The highest BCUT2D eigenvalue weighted by atomic mass is 35.5. The molecule has 2 aliphatic rings. The third-order valence-corrected chi connectivity index (χ3v) is 8.26. The predicted molar refractivity (Wildman–Crippen MR) is 168 cm³/mol. The van der Waals surface area contributed by atoms with Gasteiger partial charge in [0, 0.05) is 23.2 Å². The van der Waals surface area contributed by atoms with Crippen LogP contribution in [0.1, 0.15) is 63.9 Å². The smallest absolute Gasteiger partial charge is 0.273 e. The largest absolute Gasteiger partial charge is 0.497 e. The van der Waals surface area contributed by atoms with Crippen molar-refractivity contribution in [3.8, 4) is 5.75 Å². The molecule has 0 unspecified atom stereocenters. The summed E-state index contributed by atoms with van der Waals surface area (Å²) < 4.78 is 5.16. The fourth-order valence-electron chi connectivity index (χ4n) is 5.72. The van der Waals surface area contributed by atoms with E-state index in [4.69, 9.17) is 16.3 Å². The number of carbonyl (C=O) groups excluding carboxylic acids is 2. The lowest BCUT2D eigenvalue weighted by molar-refractivity contribution is 0.0896. The molecule has 2 amide bonds. The van der Waals surface area contributed by atoms with Gasteiger partial charge in [0.15, 0.2) is 0 Å². The zero-order valence-electron chi connectivity index (χ0n) is 24.0. The van der Waals surface area contributed by atoms with E-state index in [0.29, 0.717) is 22.3 Å². The number of amides is 2. The Morgan fingerprint density at radius 1 is 0.952 bits per heavy atom. The fraction of sp³-hybridized carbons (Fsp3) is 0.364. The Labute approximate surface area is 252 Å². The van der Waals surface area contributed by atoms with Crippen molar-refractivity contribution in [3.05, 3.63) is 94.0 Å². The summed E-state index contributed by atoms with van der Waals surface area (Å²) in [7, 11) is 1.60. The van der Waals surface area contributed by atoms with E-state index in [-0.39, 0.29) is 11.5 Å². The summed E-state index contributed by atoms with van der Waals surface area (Å²) in [6, 6.07) is 20.4. The number of carbonyl (C=O) groups is 2. The molecule has 0 aliphatic carbocycles. The third kappa shape index (κ3) is 7.97. The Bertz CT molecular complexity index is 1400. The molecule has 220 valence electrons. The van der Waals surface area contributed by atoms with E-state index < -0.39 is 5.91 Å². The van der Waals surface area contributed by atoms with Crippen LogP contribution in [0, 0.1) is 0 Å². The topological polar surface area (TPSA) is 86.3 Å². The first-order valence-corrected chi connectivity index (χ1v) is 15.0. The van der Waals surface area contributed by atoms with Gasteiger partial charge in [-0.05, 0) is 118 Å². The lowest BCUT2D eigenvalue weighted by Crippen LogP contribution is -2.46. The number of halogens is 1. The second-order valence-corrected chi connectivity index (χ2v) is 11.4. The van der Waals surface area contributed by atoms with E-state index in [0.717, 1.165) is 36.5 Å². The number of hydrogen-bond donors (Lipinski definition) is 2. The van der Waals surface area contributed by atoms with Crippen molar-refractivity contribution in [2.24, 2.45) is 5.10 Å². The predicted octanol–water partition coefficient (Wildman–Crippen LogP) is 5.82. The van der Waals surface area contributed by atoms with Crippen LogP contribution in [0.5, 0.6) is 5.75 Å². The van der Waals surface area contributed by atoms with Gasteiger partial charge >= 0.3 is 0 Å². The molecule has 2 aliphatic heterocycles. The number of methoxy groups -OCH3 is 1. The molecule has 9 heteroatoms. The third-order valence-electron chi connectivity index (χ3n) is 8.03. The monoisotopic (exact) mass is 587 g/mol. The minimum atomic E-state index is -0.487. The van der Waals surface area contributed by atoms with Crippen LogP contribution >= 0.6 is 11.6 Å². The van der Waals surface area contributed by atoms with Crippen LogP contribution in [0.25, 0.3) is 0 Å². The van der Waals surface area contributed by atoms with Crippen LogP contribution in [0.15, 0.2) is 71.8 Å². The summed E-state index contributed by atoms with van der Waals surface area (Å²) in [6.07, 6.45) is 7.95. The van der Waals surface area contributed by atoms with Gasteiger partial charge in [0.2, 0.25) is 0 Å². The van der Waals surface area contributed by atoms with E-state index in [1.165, 1.54) is 57.5 Å². The van der Waals surface area contributed by atoms with Gasteiger partial charge in [0.25, 0.3) is 11.8 Å². The first-order chi connectivity index (χ1) is 20.5. The number of nitrogens with one attached hydrogen (secondary N) is 2.